The molecule has 0 spiro atoms. The number of hydrogen-bond acceptors (Lipinski definition) is 4. The molecule has 5 heteroatoms. The third-order valence-corrected chi connectivity index (χ3v) is 2.86. The molecule has 0 bridgehead atoms. The van der Waals surface area contributed by atoms with Gasteiger partial charge in [-0.25, -0.2) is 4.79 Å². The van der Waals surface area contributed by atoms with Gasteiger partial charge in [0, 0.05) is 0 Å². The Labute approximate surface area is 119 Å². The van der Waals surface area contributed by atoms with E-state index in [0.717, 1.165) is 12.0 Å². The Kier molecular flexibility index (Phi) is 6.87. The zero-order valence-electron chi connectivity index (χ0n) is 12.1. The van der Waals surface area contributed by atoms with Crippen LogP contribution >= 0.6 is 0 Å². The number of nitrogens with two attached hydrogens (primary N) is 1. The van der Waals surface area contributed by atoms with Crippen LogP contribution in [-0.4, -0.2) is 30.3 Å². The summed E-state index contributed by atoms with van der Waals surface area (Å²) in [6.45, 7) is 4.76. The first-order valence-electron chi connectivity index (χ1n) is 6.98. The summed E-state index contributed by atoms with van der Waals surface area (Å²) < 4.78 is 11.2. The van der Waals surface area contributed by atoms with Crippen LogP contribution in [0.3, 0.4) is 0 Å². The molecule has 0 aliphatic heterocycles. The molecule has 1 unspecified atom stereocenters. The quantitative estimate of drug-likeness (QED) is 0.725. The number of carboxylic acids is 1. The molecule has 1 atom stereocenters. The number of para-hydroxylation sites is 1. The third kappa shape index (κ3) is 4.42. The van der Waals surface area contributed by atoms with Crippen molar-refractivity contribution < 1.29 is 19.4 Å². The second-order valence-electron chi connectivity index (χ2n) is 4.45. The van der Waals surface area contributed by atoms with Crippen molar-refractivity contribution >= 4 is 5.97 Å². The normalized spacial score (nSPS) is 11.9. The Hall–Kier alpha value is -1.75. The fourth-order valence-electron chi connectivity index (χ4n) is 1.95. The highest BCUT2D eigenvalue weighted by Crippen LogP contribution is 2.33. The smallest absolute Gasteiger partial charge is 0.344 e. The number of rotatable bonds is 9. The van der Waals surface area contributed by atoms with Crippen LogP contribution in [0.2, 0.25) is 0 Å². The van der Waals surface area contributed by atoms with Gasteiger partial charge in [0.15, 0.2) is 17.6 Å². The van der Waals surface area contributed by atoms with E-state index in [0.29, 0.717) is 37.5 Å². The van der Waals surface area contributed by atoms with Crippen LogP contribution in [-0.2, 0) is 11.2 Å². The molecule has 0 radical (unpaired) electrons. The van der Waals surface area contributed by atoms with Crippen molar-refractivity contribution in [2.45, 2.75) is 39.2 Å². The Morgan fingerprint density at radius 1 is 1.40 bits per heavy atom. The Bertz CT molecular complexity index is 410. The van der Waals surface area contributed by atoms with Crippen LogP contribution in [0.15, 0.2) is 18.2 Å². The first-order chi connectivity index (χ1) is 9.63. The summed E-state index contributed by atoms with van der Waals surface area (Å²) in [4.78, 5) is 11.2. The van der Waals surface area contributed by atoms with Crippen molar-refractivity contribution in [1.82, 2.24) is 0 Å². The number of aliphatic carboxylic acids is 1. The van der Waals surface area contributed by atoms with Gasteiger partial charge in [-0.15, -0.1) is 0 Å². The lowest BCUT2D eigenvalue weighted by atomic mass is 10.1. The zero-order chi connectivity index (χ0) is 15.0. The molecular weight excluding hydrogens is 258 g/mol. The number of benzene rings is 1. The highest BCUT2D eigenvalue weighted by molar-refractivity contribution is 5.73. The minimum atomic E-state index is -0.961. The van der Waals surface area contributed by atoms with Gasteiger partial charge in [0.05, 0.1) is 6.61 Å². The zero-order valence-corrected chi connectivity index (χ0v) is 12.1. The van der Waals surface area contributed by atoms with Gasteiger partial charge in [-0.2, -0.15) is 0 Å². The summed E-state index contributed by atoms with van der Waals surface area (Å²) in [5, 5.41) is 9.22. The van der Waals surface area contributed by atoms with Crippen LogP contribution in [0.25, 0.3) is 0 Å². The molecule has 0 aliphatic rings. The average Bonchev–Trinajstić information content (AvgIpc) is 2.41. The Morgan fingerprint density at radius 2 is 2.15 bits per heavy atom. The Balaban J connectivity index is 3.07. The number of carbonyl (C=O) groups is 1. The van der Waals surface area contributed by atoms with E-state index in [1.807, 2.05) is 26.0 Å². The third-order valence-electron chi connectivity index (χ3n) is 2.86. The molecule has 0 saturated heterocycles. The first kappa shape index (κ1) is 16.3. The van der Waals surface area contributed by atoms with Crippen molar-refractivity contribution in [3.8, 4) is 11.5 Å². The molecule has 3 N–H and O–H groups in total. The van der Waals surface area contributed by atoms with E-state index in [-0.39, 0.29) is 0 Å². The van der Waals surface area contributed by atoms with E-state index < -0.39 is 12.1 Å². The second-order valence-corrected chi connectivity index (χ2v) is 4.45. The van der Waals surface area contributed by atoms with Gasteiger partial charge in [0.1, 0.15) is 0 Å². The molecule has 0 aliphatic carbocycles. The van der Waals surface area contributed by atoms with Crippen molar-refractivity contribution in [3.63, 3.8) is 0 Å². The molecule has 0 aromatic heterocycles. The molecule has 0 saturated carbocycles. The van der Waals surface area contributed by atoms with Gasteiger partial charge < -0.3 is 20.3 Å². The number of ether oxygens (including phenoxy) is 2. The lowest BCUT2D eigenvalue weighted by Crippen LogP contribution is -2.27. The lowest BCUT2D eigenvalue weighted by molar-refractivity contribution is -0.145. The summed E-state index contributed by atoms with van der Waals surface area (Å²) in [7, 11) is 0. The van der Waals surface area contributed by atoms with Crippen LogP contribution in [0.5, 0.6) is 11.5 Å². The SMILES string of the molecule is CCCC(Oc1c(CCN)cccc1OCC)C(=O)O. The van der Waals surface area contributed by atoms with Gasteiger partial charge in [-0.3, -0.25) is 0 Å². The van der Waals surface area contributed by atoms with Gasteiger partial charge in [-0.05, 0) is 37.9 Å². The molecule has 0 amide bonds. The van der Waals surface area contributed by atoms with Gasteiger partial charge >= 0.3 is 5.97 Å². The van der Waals surface area contributed by atoms with E-state index in [2.05, 4.69) is 0 Å². The molecular formula is C15H23NO4. The van der Waals surface area contributed by atoms with E-state index in [4.69, 9.17) is 15.2 Å². The first-order valence-corrected chi connectivity index (χ1v) is 6.98. The van der Waals surface area contributed by atoms with Crippen LogP contribution in [0.1, 0.15) is 32.3 Å². The standard InChI is InChI=1S/C15H23NO4/c1-3-6-13(15(17)18)20-14-11(9-10-16)7-5-8-12(14)19-4-2/h5,7-8,13H,3-4,6,9-10,16H2,1-2H3,(H,17,18). The van der Waals surface area contributed by atoms with Crippen LogP contribution in [0.4, 0.5) is 0 Å². The van der Waals surface area contributed by atoms with Crippen molar-refractivity contribution in [2.75, 3.05) is 13.2 Å². The molecule has 0 heterocycles. The maximum Gasteiger partial charge on any atom is 0.344 e. The maximum atomic E-state index is 11.2. The predicted molar refractivity (Wildman–Crippen MR) is 77.3 cm³/mol. The molecule has 0 fully saturated rings. The number of hydrogen-bond donors (Lipinski definition) is 2. The fraction of sp³-hybridized carbons (Fsp3) is 0.533. The molecule has 1 aromatic carbocycles. The van der Waals surface area contributed by atoms with E-state index in [9.17, 15) is 9.90 Å². The Morgan fingerprint density at radius 3 is 2.70 bits per heavy atom. The molecule has 5 nitrogen and oxygen atoms in total. The van der Waals surface area contributed by atoms with E-state index >= 15 is 0 Å². The molecule has 20 heavy (non-hydrogen) atoms. The second kappa shape index (κ2) is 8.43. The van der Waals surface area contributed by atoms with Crippen molar-refractivity contribution in [2.24, 2.45) is 5.73 Å². The summed E-state index contributed by atoms with van der Waals surface area (Å²) in [6, 6.07) is 5.53. The van der Waals surface area contributed by atoms with Crippen LogP contribution < -0.4 is 15.2 Å². The van der Waals surface area contributed by atoms with Gasteiger partial charge in [0.25, 0.3) is 0 Å². The minimum absolute atomic E-state index is 0.456. The minimum Gasteiger partial charge on any atom is -0.490 e. The topological polar surface area (TPSA) is 81.8 Å². The highest BCUT2D eigenvalue weighted by Gasteiger charge is 2.22. The summed E-state index contributed by atoms with van der Waals surface area (Å²) in [5.74, 6) is 0.110. The summed E-state index contributed by atoms with van der Waals surface area (Å²) in [6.07, 6.45) is 0.949. The summed E-state index contributed by atoms with van der Waals surface area (Å²) in [5.41, 5.74) is 6.47. The molecule has 112 valence electrons. The maximum absolute atomic E-state index is 11.2. The van der Waals surface area contributed by atoms with Crippen molar-refractivity contribution in [1.29, 1.82) is 0 Å². The number of carboxylic acid groups (broad SMARTS) is 1. The molecule has 1 rings (SSSR count). The predicted octanol–water partition coefficient (Wildman–Crippen LogP) is 2.22. The fourth-order valence-corrected chi connectivity index (χ4v) is 1.95. The lowest BCUT2D eigenvalue weighted by Gasteiger charge is -2.20. The van der Waals surface area contributed by atoms with E-state index in [1.165, 1.54) is 0 Å². The van der Waals surface area contributed by atoms with Crippen LogP contribution in [0, 0.1) is 0 Å². The summed E-state index contributed by atoms with van der Waals surface area (Å²) >= 11 is 0. The van der Waals surface area contributed by atoms with Gasteiger partial charge in [0.2, 0.25) is 0 Å². The van der Waals surface area contributed by atoms with Gasteiger partial charge in [-0.1, -0.05) is 25.5 Å². The highest BCUT2D eigenvalue weighted by atomic mass is 16.5. The average molecular weight is 281 g/mol. The molecule has 1 aromatic rings. The van der Waals surface area contributed by atoms with Crippen molar-refractivity contribution in [3.05, 3.63) is 23.8 Å². The largest absolute Gasteiger partial charge is 0.490 e. The van der Waals surface area contributed by atoms with E-state index in [1.54, 1.807) is 6.07 Å². The monoisotopic (exact) mass is 281 g/mol.